The molecular weight excluding hydrogens is 270 g/mol. The highest BCUT2D eigenvalue weighted by molar-refractivity contribution is 7.91. The number of benzene rings is 1. The SMILES string of the molecule is CCNC1CCCC(S(=O)(=O)Cc2ccccc2C)C1. The van der Waals surface area contributed by atoms with Crippen LogP contribution in [0.1, 0.15) is 43.7 Å². The largest absolute Gasteiger partial charge is 0.314 e. The Labute approximate surface area is 122 Å². The summed E-state index contributed by atoms with van der Waals surface area (Å²) < 4.78 is 25.3. The van der Waals surface area contributed by atoms with Gasteiger partial charge in [0.25, 0.3) is 0 Å². The minimum absolute atomic E-state index is 0.181. The lowest BCUT2D eigenvalue weighted by atomic mass is 9.95. The van der Waals surface area contributed by atoms with Crippen molar-refractivity contribution in [3.63, 3.8) is 0 Å². The summed E-state index contributed by atoms with van der Waals surface area (Å²) in [6.45, 7) is 4.97. The Hall–Kier alpha value is -0.870. The Kier molecular flexibility index (Phi) is 5.22. The lowest BCUT2D eigenvalue weighted by Gasteiger charge is -2.29. The van der Waals surface area contributed by atoms with E-state index in [1.807, 2.05) is 31.2 Å². The van der Waals surface area contributed by atoms with Gasteiger partial charge in [-0.2, -0.15) is 0 Å². The van der Waals surface area contributed by atoms with Crippen LogP contribution in [0.5, 0.6) is 0 Å². The van der Waals surface area contributed by atoms with Gasteiger partial charge in [-0.15, -0.1) is 0 Å². The van der Waals surface area contributed by atoms with Crippen molar-refractivity contribution in [2.45, 2.75) is 56.6 Å². The lowest BCUT2D eigenvalue weighted by molar-refractivity contribution is 0.377. The predicted molar refractivity (Wildman–Crippen MR) is 83.5 cm³/mol. The molecule has 1 aliphatic rings. The molecule has 3 nitrogen and oxygen atoms in total. The van der Waals surface area contributed by atoms with Crippen molar-refractivity contribution >= 4 is 9.84 Å². The normalized spacial score (nSPS) is 23.7. The molecule has 2 rings (SSSR count). The van der Waals surface area contributed by atoms with Crippen LogP contribution in [0.3, 0.4) is 0 Å². The Bertz CT molecular complexity index is 537. The van der Waals surface area contributed by atoms with Crippen molar-refractivity contribution in [1.82, 2.24) is 5.32 Å². The number of nitrogens with one attached hydrogen (secondary N) is 1. The van der Waals surface area contributed by atoms with E-state index < -0.39 is 9.84 Å². The van der Waals surface area contributed by atoms with Crippen LogP contribution in [-0.2, 0) is 15.6 Å². The summed E-state index contributed by atoms with van der Waals surface area (Å²) in [6.07, 6.45) is 3.69. The summed E-state index contributed by atoms with van der Waals surface area (Å²) in [7, 11) is -3.05. The molecule has 1 saturated carbocycles. The highest BCUT2D eigenvalue weighted by atomic mass is 32.2. The van der Waals surface area contributed by atoms with E-state index in [4.69, 9.17) is 0 Å². The molecule has 0 aromatic heterocycles. The average Bonchev–Trinajstić information content (AvgIpc) is 2.42. The maximum Gasteiger partial charge on any atom is 0.157 e. The molecule has 4 heteroatoms. The van der Waals surface area contributed by atoms with Crippen LogP contribution in [0.25, 0.3) is 0 Å². The second kappa shape index (κ2) is 6.72. The Balaban J connectivity index is 2.08. The van der Waals surface area contributed by atoms with Gasteiger partial charge in [-0.3, -0.25) is 0 Å². The third kappa shape index (κ3) is 3.83. The van der Waals surface area contributed by atoms with Gasteiger partial charge < -0.3 is 5.32 Å². The molecule has 1 N–H and O–H groups in total. The smallest absolute Gasteiger partial charge is 0.157 e. The molecule has 0 saturated heterocycles. The number of aryl methyl sites for hydroxylation is 1. The van der Waals surface area contributed by atoms with Gasteiger partial charge in [0.15, 0.2) is 9.84 Å². The summed E-state index contributed by atoms with van der Waals surface area (Å²) in [5.74, 6) is 0.184. The van der Waals surface area contributed by atoms with Crippen LogP contribution in [0, 0.1) is 6.92 Å². The van der Waals surface area contributed by atoms with E-state index in [1.165, 1.54) is 0 Å². The van der Waals surface area contributed by atoms with Crippen LogP contribution >= 0.6 is 0 Å². The highest BCUT2D eigenvalue weighted by Gasteiger charge is 2.31. The van der Waals surface area contributed by atoms with Crippen molar-refractivity contribution in [1.29, 1.82) is 0 Å². The van der Waals surface area contributed by atoms with Crippen LogP contribution in [-0.4, -0.2) is 26.3 Å². The van der Waals surface area contributed by atoms with Crippen LogP contribution in [0.2, 0.25) is 0 Å². The molecular formula is C16H25NO2S. The molecule has 112 valence electrons. The highest BCUT2D eigenvalue weighted by Crippen LogP contribution is 2.27. The first-order valence-corrected chi connectivity index (χ1v) is 9.24. The third-order valence-corrected chi connectivity index (χ3v) is 6.40. The van der Waals surface area contributed by atoms with Crippen molar-refractivity contribution in [2.24, 2.45) is 0 Å². The summed E-state index contributed by atoms with van der Waals surface area (Å²) in [5.41, 5.74) is 2.01. The second-order valence-corrected chi connectivity index (χ2v) is 8.06. The van der Waals surface area contributed by atoms with Gasteiger partial charge >= 0.3 is 0 Å². The molecule has 1 aromatic rings. The Morgan fingerprint density at radius 1 is 1.25 bits per heavy atom. The van der Waals surface area contributed by atoms with E-state index in [2.05, 4.69) is 12.2 Å². The van der Waals surface area contributed by atoms with Gasteiger partial charge in [-0.1, -0.05) is 37.6 Å². The van der Waals surface area contributed by atoms with Gasteiger partial charge in [-0.25, -0.2) is 8.42 Å². The van der Waals surface area contributed by atoms with Crippen LogP contribution in [0.15, 0.2) is 24.3 Å². The number of hydrogen-bond donors (Lipinski definition) is 1. The first kappa shape index (κ1) is 15.5. The van der Waals surface area contributed by atoms with Crippen molar-refractivity contribution in [3.05, 3.63) is 35.4 Å². The summed E-state index contributed by atoms with van der Waals surface area (Å²) in [4.78, 5) is 0. The molecule has 1 aromatic carbocycles. The standard InChI is InChI=1S/C16H25NO2S/c1-3-17-15-9-6-10-16(11-15)20(18,19)12-14-8-5-4-7-13(14)2/h4-5,7-8,15-17H,3,6,9-12H2,1-2H3. The molecule has 0 aliphatic heterocycles. The topological polar surface area (TPSA) is 46.2 Å². The summed E-state index contributed by atoms with van der Waals surface area (Å²) in [6, 6.07) is 8.14. The molecule has 20 heavy (non-hydrogen) atoms. The molecule has 1 aliphatic carbocycles. The lowest BCUT2D eigenvalue weighted by Crippen LogP contribution is -2.39. The zero-order valence-electron chi connectivity index (χ0n) is 12.4. The van der Waals surface area contributed by atoms with Gasteiger partial charge in [0, 0.05) is 6.04 Å². The molecule has 1 fully saturated rings. The van der Waals surface area contributed by atoms with E-state index in [1.54, 1.807) is 0 Å². The fourth-order valence-electron chi connectivity index (χ4n) is 3.05. The zero-order chi connectivity index (χ0) is 14.6. The Morgan fingerprint density at radius 2 is 2.00 bits per heavy atom. The fraction of sp³-hybridized carbons (Fsp3) is 0.625. The molecule has 0 bridgehead atoms. The van der Waals surface area contributed by atoms with Gasteiger partial charge in [0.05, 0.1) is 11.0 Å². The molecule has 0 radical (unpaired) electrons. The Morgan fingerprint density at radius 3 is 2.70 bits per heavy atom. The monoisotopic (exact) mass is 295 g/mol. The average molecular weight is 295 g/mol. The van der Waals surface area contributed by atoms with Crippen molar-refractivity contribution < 1.29 is 8.42 Å². The minimum Gasteiger partial charge on any atom is -0.314 e. The van der Waals surface area contributed by atoms with Gasteiger partial charge in [-0.05, 0) is 43.9 Å². The number of rotatable bonds is 5. The molecule has 0 spiro atoms. The quantitative estimate of drug-likeness (QED) is 0.908. The molecule has 2 unspecified atom stereocenters. The van der Waals surface area contributed by atoms with Crippen LogP contribution in [0.4, 0.5) is 0 Å². The van der Waals surface area contributed by atoms with Gasteiger partial charge in [0.1, 0.15) is 0 Å². The fourth-order valence-corrected chi connectivity index (χ4v) is 5.10. The molecule has 0 amide bonds. The summed E-state index contributed by atoms with van der Waals surface area (Å²) >= 11 is 0. The second-order valence-electron chi connectivity index (χ2n) is 5.78. The van der Waals surface area contributed by atoms with E-state index in [9.17, 15) is 8.42 Å². The van der Waals surface area contributed by atoms with E-state index in [-0.39, 0.29) is 11.0 Å². The van der Waals surface area contributed by atoms with Crippen LogP contribution < -0.4 is 5.32 Å². The first-order valence-electron chi connectivity index (χ1n) is 7.52. The molecule has 0 heterocycles. The predicted octanol–water partition coefficient (Wildman–Crippen LogP) is 2.83. The number of hydrogen-bond acceptors (Lipinski definition) is 3. The van der Waals surface area contributed by atoms with E-state index in [0.717, 1.165) is 43.4 Å². The van der Waals surface area contributed by atoms with Gasteiger partial charge in [0.2, 0.25) is 0 Å². The summed E-state index contributed by atoms with van der Waals surface area (Å²) in [5, 5.41) is 3.22. The minimum atomic E-state index is -3.05. The van der Waals surface area contributed by atoms with Crippen molar-refractivity contribution in [3.8, 4) is 0 Å². The van der Waals surface area contributed by atoms with Crippen molar-refractivity contribution in [2.75, 3.05) is 6.54 Å². The third-order valence-electron chi connectivity index (χ3n) is 4.24. The maximum absolute atomic E-state index is 12.6. The van der Waals surface area contributed by atoms with E-state index >= 15 is 0 Å². The number of sulfone groups is 1. The zero-order valence-corrected chi connectivity index (χ0v) is 13.2. The first-order chi connectivity index (χ1) is 9.53. The van der Waals surface area contributed by atoms with E-state index in [0.29, 0.717) is 6.04 Å². The maximum atomic E-state index is 12.6. The molecule has 2 atom stereocenters.